The molecule has 0 bridgehead atoms. The molecule has 0 saturated heterocycles. The van der Waals surface area contributed by atoms with E-state index < -0.39 is 0 Å². The van der Waals surface area contributed by atoms with E-state index in [1.165, 1.54) is 0 Å². The number of hydrogen-bond acceptors (Lipinski definition) is 4. The number of rotatable bonds is 6. The lowest BCUT2D eigenvalue weighted by Crippen LogP contribution is -2.28. The minimum atomic E-state index is 0.225. The number of likely N-dealkylation sites (N-methyl/N-ethyl adjacent to an activating group) is 1. The summed E-state index contributed by atoms with van der Waals surface area (Å²) >= 11 is 5.70. The van der Waals surface area contributed by atoms with Crippen LogP contribution in [0.1, 0.15) is 19.4 Å². The quantitative estimate of drug-likeness (QED) is 0.718. The predicted octanol–water partition coefficient (Wildman–Crippen LogP) is 2.16. The molecule has 4 nitrogen and oxygen atoms in total. The van der Waals surface area contributed by atoms with Crippen LogP contribution in [0.5, 0.6) is 5.88 Å². The standard InChI is InChI=1S/C11H18ClN3O/c1-4-15(5-2)6-7-16-10-9(3)8-13-11(12)14-10/h8H,4-7H2,1-3H3. The third kappa shape index (κ3) is 3.94. The van der Waals surface area contributed by atoms with E-state index in [1.807, 2.05) is 6.92 Å². The van der Waals surface area contributed by atoms with Crippen molar-refractivity contribution in [3.05, 3.63) is 17.0 Å². The molecular weight excluding hydrogens is 226 g/mol. The summed E-state index contributed by atoms with van der Waals surface area (Å²) in [6.45, 7) is 9.76. The summed E-state index contributed by atoms with van der Waals surface area (Å²) in [5, 5.41) is 0.225. The molecule has 0 N–H and O–H groups in total. The van der Waals surface area contributed by atoms with Crippen molar-refractivity contribution in [2.75, 3.05) is 26.2 Å². The molecule has 0 spiro atoms. The molecule has 0 aliphatic rings. The molecule has 1 rings (SSSR count). The average molecular weight is 244 g/mol. The molecule has 1 aromatic rings. The van der Waals surface area contributed by atoms with Crippen LogP contribution in [-0.2, 0) is 0 Å². The Morgan fingerprint density at radius 2 is 2.06 bits per heavy atom. The zero-order valence-electron chi connectivity index (χ0n) is 10.0. The molecule has 0 aliphatic carbocycles. The van der Waals surface area contributed by atoms with Crippen LogP contribution < -0.4 is 4.74 Å². The Hall–Kier alpha value is -0.870. The molecule has 0 aliphatic heterocycles. The first-order valence-electron chi connectivity index (χ1n) is 5.51. The molecule has 90 valence electrons. The van der Waals surface area contributed by atoms with Crippen LogP contribution in [0.25, 0.3) is 0 Å². The van der Waals surface area contributed by atoms with Crippen molar-refractivity contribution in [3.8, 4) is 5.88 Å². The third-order valence-corrected chi connectivity index (χ3v) is 2.62. The summed E-state index contributed by atoms with van der Waals surface area (Å²) in [5.41, 5.74) is 0.906. The van der Waals surface area contributed by atoms with Gasteiger partial charge in [-0.25, -0.2) is 4.98 Å². The molecule has 0 fully saturated rings. The molecular formula is C11H18ClN3O. The lowest BCUT2D eigenvalue weighted by molar-refractivity contribution is 0.217. The second-order valence-corrected chi connectivity index (χ2v) is 3.84. The summed E-state index contributed by atoms with van der Waals surface area (Å²) in [4.78, 5) is 10.2. The van der Waals surface area contributed by atoms with Crippen molar-refractivity contribution in [2.24, 2.45) is 0 Å². The van der Waals surface area contributed by atoms with Crippen molar-refractivity contribution in [1.82, 2.24) is 14.9 Å². The normalized spacial score (nSPS) is 10.8. The molecule has 0 radical (unpaired) electrons. The fourth-order valence-electron chi connectivity index (χ4n) is 1.36. The molecule has 0 saturated carbocycles. The van der Waals surface area contributed by atoms with E-state index in [-0.39, 0.29) is 5.28 Å². The molecule has 0 unspecified atom stereocenters. The smallest absolute Gasteiger partial charge is 0.225 e. The van der Waals surface area contributed by atoms with Gasteiger partial charge in [0.05, 0.1) is 0 Å². The Morgan fingerprint density at radius 3 is 2.69 bits per heavy atom. The number of ether oxygens (including phenoxy) is 1. The van der Waals surface area contributed by atoms with Crippen molar-refractivity contribution < 1.29 is 4.74 Å². The summed E-state index contributed by atoms with van der Waals surface area (Å²) in [5.74, 6) is 0.576. The van der Waals surface area contributed by atoms with Gasteiger partial charge < -0.3 is 9.64 Å². The number of hydrogen-bond donors (Lipinski definition) is 0. The van der Waals surface area contributed by atoms with Gasteiger partial charge in [-0.1, -0.05) is 13.8 Å². The number of halogens is 1. The van der Waals surface area contributed by atoms with Crippen LogP contribution in [0, 0.1) is 6.92 Å². The Kier molecular flexibility index (Phi) is 5.49. The molecule has 1 aromatic heterocycles. The van der Waals surface area contributed by atoms with E-state index >= 15 is 0 Å². The minimum Gasteiger partial charge on any atom is -0.476 e. The second-order valence-electron chi connectivity index (χ2n) is 3.50. The van der Waals surface area contributed by atoms with Crippen molar-refractivity contribution in [2.45, 2.75) is 20.8 Å². The summed E-state index contributed by atoms with van der Waals surface area (Å²) in [6.07, 6.45) is 1.67. The molecule has 0 atom stereocenters. The molecule has 16 heavy (non-hydrogen) atoms. The highest BCUT2D eigenvalue weighted by Gasteiger charge is 2.04. The van der Waals surface area contributed by atoms with Gasteiger partial charge in [0.25, 0.3) is 0 Å². The molecule has 0 amide bonds. The predicted molar refractivity (Wildman–Crippen MR) is 65.1 cm³/mol. The summed E-state index contributed by atoms with van der Waals surface area (Å²) < 4.78 is 5.57. The van der Waals surface area contributed by atoms with Crippen LogP contribution in [0.2, 0.25) is 5.28 Å². The fourth-order valence-corrected chi connectivity index (χ4v) is 1.49. The first kappa shape index (κ1) is 13.2. The van der Waals surface area contributed by atoms with Crippen molar-refractivity contribution in [1.29, 1.82) is 0 Å². The van der Waals surface area contributed by atoms with E-state index in [4.69, 9.17) is 16.3 Å². The highest BCUT2D eigenvalue weighted by molar-refractivity contribution is 6.28. The van der Waals surface area contributed by atoms with Gasteiger partial charge in [-0.3, -0.25) is 0 Å². The van der Waals surface area contributed by atoms with Gasteiger partial charge in [0.1, 0.15) is 6.61 Å². The highest BCUT2D eigenvalue weighted by Crippen LogP contribution is 2.14. The van der Waals surface area contributed by atoms with Gasteiger partial charge >= 0.3 is 0 Å². The van der Waals surface area contributed by atoms with Gasteiger partial charge in [-0.15, -0.1) is 0 Å². The zero-order valence-corrected chi connectivity index (χ0v) is 10.8. The van der Waals surface area contributed by atoms with Gasteiger partial charge in [0.15, 0.2) is 0 Å². The van der Waals surface area contributed by atoms with Crippen molar-refractivity contribution >= 4 is 11.6 Å². The number of nitrogens with zero attached hydrogens (tertiary/aromatic N) is 3. The third-order valence-electron chi connectivity index (χ3n) is 2.44. The highest BCUT2D eigenvalue weighted by atomic mass is 35.5. The first-order valence-corrected chi connectivity index (χ1v) is 5.89. The molecule has 1 heterocycles. The largest absolute Gasteiger partial charge is 0.476 e. The van der Waals surface area contributed by atoms with Crippen LogP contribution in [0.4, 0.5) is 0 Å². The Labute approximate surface area is 102 Å². The van der Waals surface area contributed by atoms with Crippen LogP contribution in [0.3, 0.4) is 0 Å². The zero-order chi connectivity index (χ0) is 12.0. The molecule has 5 heteroatoms. The monoisotopic (exact) mass is 243 g/mol. The van der Waals surface area contributed by atoms with Crippen LogP contribution >= 0.6 is 11.6 Å². The molecule has 0 aromatic carbocycles. The maximum absolute atomic E-state index is 5.70. The minimum absolute atomic E-state index is 0.225. The number of aromatic nitrogens is 2. The maximum Gasteiger partial charge on any atom is 0.225 e. The average Bonchev–Trinajstić information content (AvgIpc) is 2.29. The van der Waals surface area contributed by atoms with Crippen LogP contribution in [-0.4, -0.2) is 41.1 Å². The summed E-state index contributed by atoms with van der Waals surface area (Å²) in [6, 6.07) is 0. The van der Waals surface area contributed by atoms with Gasteiger partial charge in [-0.05, 0) is 31.6 Å². The SMILES string of the molecule is CCN(CC)CCOc1nc(Cl)ncc1C. The van der Waals surface area contributed by atoms with Gasteiger partial charge in [-0.2, -0.15) is 4.98 Å². The Bertz CT molecular complexity index is 329. The fraction of sp³-hybridized carbons (Fsp3) is 0.636. The summed E-state index contributed by atoms with van der Waals surface area (Å²) in [7, 11) is 0. The van der Waals surface area contributed by atoms with E-state index in [9.17, 15) is 0 Å². The van der Waals surface area contributed by atoms with E-state index in [2.05, 4.69) is 28.7 Å². The van der Waals surface area contributed by atoms with E-state index in [1.54, 1.807) is 6.20 Å². The first-order chi connectivity index (χ1) is 7.67. The van der Waals surface area contributed by atoms with Gasteiger partial charge in [0.2, 0.25) is 11.2 Å². The van der Waals surface area contributed by atoms with Gasteiger partial charge in [0, 0.05) is 18.3 Å². The van der Waals surface area contributed by atoms with E-state index in [0.29, 0.717) is 12.5 Å². The van der Waals surface area contributed by atoms with E-state index in [0.717, 1.165) is 25.2 Å². The Balaban J connectivity index is 2.45. The van der Waals surface area contributed by atoms with Crippen molar-refractivity contribution in [3.63, 3.8) is 0 Å². The maximum atomic E-state index is 5.70. The lowest BCUT2D eigenvalue weighted by Gasteiger charge is -2.18. The number of aryl methyl sites for hydroxylation is 1. The topological polar surface area (TPSA) is 38.2 Å². The van der Waals surface area contributed by atoms with Crippen LogP contribution in [0.15, 0.2) is 6.20 Å². The lowest BCUT2D eigenvalue weighted by atomic mass is 10.4. The Morgan fingerprint density at radius 1 is 1.38 bits per heavy atom. The second kappa shape index (κ2) is 6.66.